The van der Waals surface area contributed by atoms with E-state index in [9.17, 15) is 9.59 Å². The molecule has 3 aromatic rings. The van der Waals surface area contributed by atoms with Gasteiger partial charge in [-0.15, -0.1) is 0 Å². The molecule has 1 aliphatic rings. The molecule has 1 unspecified atom stereocenters. The van der Waals surface area contributed by atoms with Crippen molar-refractivity contribution in [2.24, 2.45) is 0 Å². The molecule has 6 nitrogen and oxygen atoms in total. The number of nitrogens with zero attached hydrogens (tertiary/aromatic N) is 1. The van der Waals surface area contributed by atoms with E-state index in [1.165, 1.54) is 10.5 Å². The summed E-state index contributed by atoms with van der Waals surface area (Å²) >= 11 is 6.71. The van der Waals surface area contributed by atoms with E-state index in [1.807, 2.05) is 68.4 Å². The van der Waals surface area contributed by atoms with Gasteiger partial charge in [-0.2, -0.15) is 0 Å². The van der Waals surface area contributed by atoms with E-state index in [4.69, 9.17) is 26.4 Å². The van der Waals surface area contributed by atoms with Crippen LogP contribution in [0.1, 0.15) is 41.6 Å². The van der Waals surface area contributed by atoms with Crippen molar-refractivity contribution in [2.75, 3.05) is 13.7 Å². The minimum absolute atomic E-state index is 0.269. The third kappa shape index (κ3) is 6.44. The molecule has 1 saturated heterocycles. The Morgan fingerprint density at radius 1 is 1.05 bits per heavy atom. The van der Waals surface area contributed by atoms with Crippen LogP contribution in [-0.2, 0) is 20.9 Å². The Labute approximate surface area is 232 Å². The highest BCUT2D eigenvalue weighted by atomic mass is 32.2. The van der Waals surface area contributed by atoms with Crippen molar-refractivity contribution in [1.29, 1.82) is 0 Å². The summed E-state index contributed by atoms with van der Waals surface area (Å²) < 4.78 is 17.2. The van der Waals surface area contributed by atoms with Gasteiger partial charge in [-0.1, -0.05) is 97.1 Å². The number of esters is 1. The molecule has 0 bridgehead atoms. The fourth-order valence-electron chi connectivity index (χ4n) is 3.90. The van der Waals surface area contributed by atoms with Crippen LogP contribution in [0.15, 0.2) is 77.7 Å². The summed E-state index contributed by atoms with van der Waals surface area (Å²) in [5.41, 5.74) is 3.63. The molecule has 0 aromatic heterocycles. The van der Waals surface area contributed by atoms with Crippen molar-refractivity contribution in [3.8, 4) is 11.5 Å². The Morgan fingerprint density at radius 3 is 2.47 bits per heavy atom. The topological polar surface area (TPSA) is 65.1 Å². The number of hydrogen-bond donors (Lipinski definition) is 0. The molecular formula is C30H29NO5S2. The van der Waals surface area contributed by atoms with Gasteiger partial charge in [0.2, 0.25) is 0 Å². The van der Waals surface area contributed by atoms with E-state index < -0.39 is 12.0 Å². The first-order valence-corrected chi connectivity index (χ1v) is 13.5. The minimum Gasteiger partial charge on any atom is -0.493 e. The van der Waals surface area contributed by atoms with Gasteiger partial charge in [0.05, 0.1) is 18.6 Å². The number of thioether (sulfide) groups is 1. The van der Waals surface area contributed by atoms with Crippen LogP contribution in [0, 0.1) is 6.92 Å². The lowest BCUT2D eigenvalue weighted by Crippen LogP contribution is -2.38. The second-order valence-corrected chi connectivity index (χ2v) is 10.4. The van der Waals surface area contributed by atoms with Crippen LogP contribution in [0.25, 0.3) is 6.08 Å². The monoisotopic (exact) mass is 547 g/mol. The highest BCUT2D eigenvalue weighted by Crippen LogP contribution is 2.39. The van der Waals surface area contributed by atoms with Crippen LogP contribution >= 0.6 is 24.0 Å². The summed E-state index contributed by atoms with van der Waals surface area (Å²) in [7, 11) is 1.57. The summed E-state index contributed by atoms with van der Waals surface area (Å²) in [5, 5.41) is 0. The summed E-state index contributed by atoms with van der Waals surface area (Å²) in [6.07, 6.45) is 2.42. The largest absolute Gasteiger partial charge is 0.493 e. The molecule has 1 atom stereocenters. The lowest BCUT2D eigenvalue weighted by Gasteiger charge is -2.25. The summed E-state index contributed by atoms with van der Waals surface area (Å²) in [6.45, 7) is 4.63. The first kappa shape index (κ1) is 27.4. The first-order chi connectivity index (χ1) is 18.4. The number of methoxy groups -OCH3 is 1. The van der Waals surface area contributed by atoms with Gasteiger partial charge in [-0.3, -0.25) is 9.69 Å². The van der Waals surface area contributed by atoms with Gasteiger partial charge < -0.3 is 14.2 Å². The highest BCUT2D eigenvalue weighted by molar-refractivity contribution is 8.26. The predicted molar refractivity (Wildman–Crippen MR) is 154 cm³/mol. The number of benzene rings is 3. The molecule has 0 radical (unpaired) electrons. The van der Waals surface area contributed by atoms with Crippen LogP contribution < -0.4 is 9.47 Å². The van der Waals surface area contributed by atoms with Crippen molar-refractivity contribution in [3.05, 3.63) is 100.0 Å². The lowest BCUT2D eigenvalue weighted by atomic mass is 10.1. The third-order valence-electron chi connectivity index (χ3n) is 5.87. The Morgan fingerprint density at radius 2 is 1.79 bits per heavy atom. The van der Waals surface area contributed by atoms with Gasteiger partial charge in [0.15, 0.2) is 17.5 Å². The number of ether oxygens (including phenoxy) is 3. The molecule has 0 N–H and O–H groups in total. The Bertz CT molecular complexity index is 1340. The predicted octanol–water partition coefficient (Wildman–Crippen LogP) is 6.48. The molecule has 1 heterocycles. The maximum absolute atomic E-state index is 13.5. The maximum atomic E-state index is 13.5. The average molecular weight is 548 g/mol. The van der Waals surface area contributed by atoms with Gasteiger partial charge in [-0.25, -0.2) is 4.79 Å². The van der Waals surface area contributed by atoms with E-state index in [1.54, 1.807) is 31.4 Å². The molecule has 0 spiro atoms. The van der Waals surface area contributed by atoms with Crippen LogP contribution in [0.5, 0.6) is 11.5 Å². The van der Waals surface area contributed by atoms with E-state index in [0.717, 1.165) is 22.9 Å². The van der Waals surface area contributed by atoms with Crippen molar-refractivity contribution in [1.82, 2.24) is 4.90 Å². The highest BCUT2D eigenvalue weighted by Gasteiger charge is 2.42. The molecule has 196 valence electrons. The van der Waals surface area contributed by atoms with Crippen molar-refractivity contribution in [2.45, 2.75) is 32.9 Å². The molecule has 0 saturated carbocycles. The molecule has 3 aromatic carbocycles. The number of rotatable bonds is 10. The second-order valence-electron chi connectivity index (χ2n) is 8.72. The lowest BCUT2D eigenvalue weighted by molar-refractivity contribution is -0.151. The molecule has 1 amide bonds. The smallest absolute Gasteiger partial charge is 0.333 e. The molecule has 4 rings (SSSR count). The van der Waals surface area contributed by atoms with E-state index >= 15 is 0 Å². The zero-order valence-electron chi connectivity index (χ0n) is 21.5. The second kappa shape index (κ2) is 12.8. The fourth-order valence-corrected chi connectivity index (χ4v) is 5.21. The third-order valence-corrected chi connectivity index (χ3v) is 7.20. The van der Waals surface area contributed by atoms with Crippen molar-refractivity contribution in [3.63, 3.8) is 0 Å². The quantitative estimate of drug-likeness (QED) is 0.164. The molecule has 1 fully saturated rings. The van der Waals surface area contributed by atoms with E-state index in [2.05, 4.69) is 0 Å². The van der Waals surface area contributed by atoms with E-state index in [-0.39, 0.29) is 12.5 Å². The molecule has 8 heteroatoms. The minimum atomic E-state index is -0.951. The number of carbonyl (C=O) groups excluding carboxylic acids is 2. The van der Waals surface area contributed by atoms with Gasteiger partial charge >= 0.3 is 5.97 Å². The first-order valence-electron chi connectivity index (χ1n) is 12.3. The number of hydrogen-bond acceptors (Lipinski definition) is 7. The van der Waals surface area contributed by atoms with Gasteiger partial charge in [0, 0.05) is 0 Å². The normalized spacial score (nSPS) is 15.0. The summed E-state index contributed by atoms with van der Waals surface area (Å²) in [4.78, 5) is 28.3. The van der Waals surface area contributed by atoms with Gasteiger partial charge in [0.1, 0.15) is 10.9 Å². The number of thiocarbonyl (C=S) groups is 1. The van der Waals surface area contributed by atoms with E-state index in [0.29, 0.717) is 39.3 Å². The van der Waals surface area contributed by atoms with Gasteiger partial charge in [-0.05, 0) is 48.2 Å². The zero-order chi connectivity index (χ0) is 27.1. The van der Waals surface area contributed by atoms with Crippen LogP contribution in [0.4, 0.5) is 0 Å². The van der Waals surface area contributed by atoms with Crippen LogP contribution in [0.2, 0.25) is 0 Å². The maximum Gasteiger partial charge on any atom is 0.333 e. The van der Waals surface area contributed by atoms with Crippen LogP contribution in [-0.4, -0.2) is 34.8 Å². The fraction of sp³-hybridized carbons (Fsp3) is 0.233. The Kier molecular flexibility index (Phi) is 9.20. The van der Waals surface area contributed by atoms with Gasteiger partial charge in [0.25, 0.3) is 5.91 Å². The molecular weight excluding hydrogens is 518 g/mol. The Balaban J connectivity index is 1.55. The van der Waals surface area contributed by atoms with Crippen LogP contribution in [0.3, 0.4) is 0 Å². The molecule has 38 heavy (non-hydrogen) atoms. The summed E-state index contributed by atoms with van der Waals surface area (Å²) in [5.74, 6) is 0.292. The number of carbonyl (C=O) groups is 2. The molecule has 0 aliphatic carbocycles. The zero-order valence-corrected chi connectivity index (χ0v) is 23.1. The SMILES string of the molecule is CCCOC(=O)C(c1ccccc1)N1C(=O)/C(=C/c2ccc(OCc3ccc(C)cc3)c(OC)c2)SC1=S. The number of aryl methyl sites for hydroxylation is 1. The Hall–Kier alpha value is -3.62. The average Bonchev–Trinajstić information content (AvgIpc) is 3.20. The van der Waals surface area contributed by atoms with Crippen molar-refractivity contribution < 1.29 is 23.8 Å². The number of amides is 1. The standard InChI is InChI=1S/C30H29NO5S2/c1-4-16-35-29(33)27(23-8-6-5-7-9-23)31-28(32)26(38-30(31)37)18-22-14-15-24(25(17-22)34-3)36-19-21-12-10-20(2)11-13-21/h5-15,17-18,27H,4,16,19H2,1-3H3/b26-18-. The van der Waals surface area contributed by atoms with Crippen molar-refractivity contribution >= 4 is 46.3 Å². The molecule has 1 aliphatic heterocycles. The summed E-state index contributed by atoms with van der Waals surface area (Å²) in [6, 6.07) is 21.7.